The molecule has 1 atom stereocenters. The van der Waals surface area contributed by atoms with Gasteiger partial charge in [0.2, 0.25) is 0 Å². The molecule has 1 aromatic carbocycles. The minimum Gasteiger partial charge on any atom is -0.472 e. The van der Waals surface area contributed by atoms with Crippen LogP contribution in [0, 0.1) is 0 Å². The number of furan rings is 1. The summed E-state index contributed by atoms with van der Waals surface area (Å²) >= 11 is 6.04. The highest BCUT2D eigenvalue weighted by molar-refractivity contribution is 6.31. The van der Waals surface area contributed by atoms with E-state index >= 15 is 0 Å². The molecule has 2 aromatic rings. The van der Waals surface area contributed by atoms with Gasteiger partial charge in [-0.1, -0.05) is 29.8 Å². The molecule has 2 rings (SSSR count). The van der Waals surface area contributed by atoms with Crippen LogP contribution in [0.3, 0.4) is 0 Å². The first-order valence-corrected chi connectivity index (χ1v) is 5.00. The van der Waals surface area contributed by atoms with Crippen molar-refractivity contribution in [3.05, 3.63) is 59.0 Å². The minimum atomic E-state index is -1.12. The summed E-state index contributed by atoms with van der Waals surface area (Å²) in [6.45, 7) is 1.69. The molecular formula is C12H11ClO2. The van der Waals surface area contributed by atoms with Crippen LogP contribution in [0.2, 0.25) is 5.02 Å². The van der Waals surface area contributed by atoms with Gasteiger partial charge in [-0.3, -0.25) is 0 Å². The van der Waals surface area contributed by atoms with Gasteiger partial charge in [0.05, 0.1) is 12.5 Å². The van der Waals surface area contributed by atoms with E-state index in [2.05, 4.69) is 0 Å². The van der Waals surface area contributed by atoms with Crippen molar-refractivity contribution in [2.24, 2.45) is 0 Å². The summed E-state index contributed by atoms with van der Waals surface area (Å²) in [5.74, 6) is 0. The monoisotopic (exact) mass is 222 g/mol. The van der Waals surface area contributed by atoms with Crippen molar-refractivity contribution < 1.29 is 9.52 Å². The molecule has 0 bridgehead atoms. The van der Waals surface area contributed by atoms with Crippen molar-refractivity contribution in [1.82, 2.24) is 0 Å². The molecular weight excluding hydrogens is 212 g/mol. The Morgan fingerprint density at radius 1 is 1.27 bits per heavy atom. The fraction of sp³-hybridized carbons (Fsp3) is 0.167. The number of hydrogen-bond acceptors (Lipinski definition) is 2. The van der Waals surface area contributed by atoms with Crippen LogP contribution in [0.5, 0.6) is 0 Å². The van der Waals surface area contributed by atoms with Gasteiger partial charge in [-0.25, -0.2) is 0 Å². The standard InChI is InChI=1S/C12H11ClO2/c1-12(14,9-6-7-15-8-9)10-4-2-3-5-11(10)13/h2-8,14H,1H3. The van der Waals surface area contributed by atoms with Gasteiger partial charge in [-0.15, -0.1) is 0 Å². The first kappa shape index (κ1) is 10.3. The van der Waals surface area contributed by atoms with Crippen LogP contribution in [0.25, 0.3) is 0 Å². The maximum absolute atomic E-state index is 10.4. The van der Waals surface area contributed by atoms with Crippen molar-refractivity contribution in [2.45, 2.75) is 12.5 Å². The maximum Gasteiger partial charge on any atom is 0.116 e. The van der Waals surface area contributed by atoms with E-state index in [0.717, 1.165) is 0 Å². The van der Waals surface area contributed by atoms with Crippen LogP contribution >= 0.6 is 11.6 Å². The Morgan fingerprint density at radius 2 is 2.00 bits per heavy atom. The summed E-state index contributed by atoms with van der Waals surface area (Å²) in [4.78, 5) is 0. The van der Waals surface area contributed by atoms with E-state index in [9.17, 15) is 5.11 Å². The molecule has 0 aliphatic carbocycles. The zero-order valence-corrected chi connectivity index (χ0v) is 9.03. The van der Waals surface area contributed by atoms with E-state index in [1.165, 1.54) is 12.5 Å². The Balaban J connectivity index is 2.51. The van der Waals surface area contributed by atoms with E-state index < -0.39 is 5.60 Å². The van der Waals surface area contributed by atoms with Crippen LogP contribution in [0.15, 0.2) is 47.3 Å². The average Bonchev–Trinajstić information content (AvgIpc) is 2.71. The Kier molecular flexibility index (Phi) is 2.55. The summed E-state index contributed by atoms with van der Waals surface area (Å²) in [5.41, 5.74) is 0.245. The second-order valence-corrected chi connectivity index (χ2v) is 3.97. The second-order valence-electron chi connectivity index (χ2n) is 3.56. The lowest BCUT2D eigenvalue weighted by molar-refractivity contribution is 0.102. The maximum atomic E-state index is 10.4. The number of aliphatic hydroxyl groups is 1. The van der Waals surface area contributed by atoms with E-state index in [0.29, 0.717) is 16.1 Å². The fourth-order valence-corrected chi connectivity index (χ4v) is 1.87. The number of benzene rings is 1. The van der Waals surface area contributed by atoms with E-state index in [4.69, 9.17) is 16.0 Å². The van der Waals surface area contributed by atoms with Crippen molar-refractivity contribution in [3.8, 4) is 0 Å². The normalized spacial score (nSPS) is 14.9. The van der Waals surface area contributed by atoms with Crippen molar-refractivity contribution in [3.63, 3.8) is 0 Å². The molecule has 0 saturated carbocycles. The van der Waals surface area contributed by atoms with Gasteiger partial charge in [0.15, 0.2) is 0 Å². The average molecular weight is 223 g/mol. The molecule has 1 N–H and O–H groups in total. The summed E-state index contributed by atoms with van der Waals surface area (Å²) in [6.07, 6.45) is 3.05. The molecule has 15 heavy (non-hydrogen) atoms. The molecule has 0 aliphatic rings. The van der Waals surface area contributed by atoms with Gasteiger partial charge in [-0.05, 0) is 19.1 Å². The van der Waals surface area contributed by atoms with Gasteiger partial charge in [-0.2, -0.15) is 0 Å². The Hall–Kier alpha value is -1.25. The highest BCUT2D eigenvalue weighted by atomic mass is 35.5. The number of hydrogen-bond donors (Lipinski definition) is 1. The highest BCUT2D eigenvalue weighted by Crippen LogP contribution is 2.33. The third-order valence-electron chi connectivity index (χ3n) is 2.48. The lowest BCUT2D eigenvalue weighted by atomic mass is 9.90. The SMILES string of the molecule is CC(O)(c1ccoc1)c1ccccc1Cl. The van der Waals surface area contributed by atoms with Crippen LogP contribution in [-0.2, 0) is 5.60 Å². The molecule has 78 valence electrons. The molecule has 0 radical (unpaired) electrons. The van der Waals surface area contributed by atoms with Crippen LogP contribution < -0.4 is 0 Å². The van der Waals surface area contributed by atoms with Gasteiger partial charge in [0.25, 0.3) is 0 Å². The van der Waals surface area contributed by atoms with Gasteiger partial charge < -0.3 is 9.52 Å². The Bertz CT molecular complexity index is 446. The smallest absolute Gasteiger partial charge is 0.116 e. The second kappa shape index (κ2) is 3.72. The molecule has 0 saturated heterocycles. The van der Waals surface area contributed by atoms with Crippen molar-refractivity contribution >= 4 is 11.6 Å². The van der Waals surface area contributed by atoms with Crippen LogP contribution in [0.4, 0.5) is 0 Å². The Labute approximate surface area is 93.1 Å². The molecule has 0 spiro atoms. The van der Waals surface area contributed by atoms with Gasteiger partial charge >= 0.3 is 0 Å². The summed E-state index contributed by atoms with van der Waals surface area (Å²) < 4.78 is 4.96. The molecule has 1 aromatic heterocycles. The fourth-order valence-electron chi connectivity index (χ4n) is 1.55. The summed E-state index contributed by atoms with van der Waals surface area (Å²) in [6, 6.07) is 8.96. The molecule has 0 amide bonds. The summed E-state index contributed by atoms with van der Waals surface area (Å²) in [7, 11) is 0. The molecule has 1 unspecified atom stereocenters. The first-order valence-electron chi connectivity index (χ1n) is 4.62. The molecule has 2 nitrogen and oxygen atoms in total. The zero-order chi connectivity index (χ0) is 10.9. The minimum absolute atomic E-state index is 0.545. The lowest BCUT2D eigenvalue weighted by Gasteiger charge is -2.23. The Morgan fingerprint density at radius 3 is 2.60 bits per heavy atom. The third kappa shape index (κ3) is 1.78. The highest BCUT2D eigenvalue weighted by Gasteiger charge is 2.28. The van der Waals surface area contributed by atoms with E-state index in [-0.39, 0.29) is 0 Å². The molecule has 0 aliphatic heterocycles. The largest absolute Gasteiger partial charge is 0.472 e. The predicted molar refractivity (Wildman–Crippen MR) is 58.8 cm³/mol. The zero-order valence-electron chi connectivity index (χ0n) is 8.27. The molecule has 1 heterocycles. The lowest BCUT2D eigenvalue weighted by Crippen LogP contribution is -2.22. The molecule has 3 heteroatoms. The summed E-state index contributed by atoms with van der Waals surface area (Å²) in [5, 5.41) is 10.9. The van der Waals surface area contributed by atoms with E-state index in [1.807, 2.05) is 12.1 Å². The van der Waals surface area contributed by atoms with Gasteiger partial charge in [0, 0.05) is 16.1 Å². The quantitative estimate of drug-likeness (QED) is 0.847. The molecule has 0 fully saturated rings. The number of halogens is 1. The van der Waals surface area contributed by atoms with Crippen molar-refractivity contribution in [1.29, 1.82) is 0 Å². The number of rotatable bonds is 2. The third-order valence-corrected chi connectivity index (χ3v) is 2.81. The topological polar surface area (TPSA) is 33.4 Å². The van der Waals surface area contributed by atoms with Crippen molar-refractivity contribution in [2.75, 3.05) is 0 Å². The van der Waals surface area contributed by atoms with Gasteiger partial charge in [0.1, 0.15) is 5.60 Å². The van der Waals surface area contributed by atoms with Crippen LogP contribution in [0.1, 0.15) is 18.1 Å². The first-order chi connectivity index (χ1) is 7.12. The van der Waals surface area contributed by atoms with E-state index in [1.54, 1.807) is 25.1 Å². The van der Waals surface area contributed by atoms with Crippen LogP contribution in [-0.4, -0.2) is 5.11 Å². The predicted octanol–water partition coefficient (Wildman–Crippen LogP) is 3.19.